The number of pyridine rings is 1. The minimum Gasteiger partial charge on any atom is -0.376 e. The fourth-order valence-electron chi connectivity index (χ4n) is 3.65. The molecule has 1 fully saturated rings. The SMILES string of the molecule is CN(C)c1ccc(NC[C@H]2CC[C@H](NC(=O)c3cc(C(F)(F)F)ccc3Cl)CC2)nc1. The monoisotopic (exact) mass is 454 g/mol. The maximum atomic E-state index is 12.9. The molecule has 0 aliphatic heterocycles. The van der Waals surface area contributed by atoms with E-state index in [2.05, 4.69) is 15.6 Å². The van der Waals surface area contributed by atoms with E-state index in [0.717, 1.165) is 61.9 Å². The third-order valence-electron chi connectivity index (χ3n) is 5.56. The molecule has 31 heavy (non-hydrogen) atoms. The topological polar surface area (TPSA) is 57.3 Å². The minimum absolute atomic E-state index is 0.0103. The highest BCUT2D eigenvalue weighted by atomic mass is 35.5. The van der Waals surface area contributed by atoms with E-state index in [4.69, 9.17) is 11.6 Å². The number of carbonyl (C=O) groups excluding carboxylic acids is 1. The first kappa shape index (κ1) is 23.2. The molecule has 0 atom stereocenters. The summed E-state index contributed by atoms with van der Waals surface area (Å²) in [6.07, 6.45) is 0.636. The Morgan fingerprint density at radius 2 is 1.87 bits per heavy atom. The molecule has 0 saturated heterocycles. The maximum Gasteiger partial charge on any atom is 0.416 e. The summed E-state index contributed by atoms with van der Waals surface area (Å²) in [5, 5.41) is 6.20. The Bertz CT molecular complexity index is 895. The van der Waals surface area contributed by atoms with Crippen molar-refractivity contribution < 1.29 is 18.0 Å². The number of halogens is 4. The lowest BCUT2D eigenvalue weighted by Crippen LogP contribution is -2.38. The smallest absolute Gasteiger partial charge is 0.376 e. The van der Waals surface area contributed by atoms with Crippen LogP contribution in [0.15, 0.2) is 36.5 Å². The van der Waals surface area contributed by atoms with Gasteiger partial charge in [0.05, 0.1) is 28.0 Å². The lowest BCUT2D eigenvalue weighted by atomic mass is 9.86. The van der Waals surface area contributed by atoms with Gasteiger partial charge < -0.3 is 15.5 Å². The molecule has 0 radical (unpaired) electrons. The number of hydrogen-bond donors (Lipinski definition) is 2. The molecule has 2 aromatic rings. The number of alkyl halides is 3. The van der Waals surface area contributed by atoms with Gasteiger partial charge >= 0.3 is 6.18 Å². The highest BCUT2D eigenvalue weighted by molar-refractivity contribution is 6.33. The van der Waals surface area contributed by atoms with Gasteiger partial charge in [0, 0.05) is 26.7 Å². The Kier molecular flexibility index (Phi) is 7.30. The van der Waals surface area contributed by atoms with Gasteiger partial charge in [0.1, 0.15) is 5.82 Å². The quantitative estimate of drug-likeness (QED) is 0.628. The summed E-state index contributed by atoms with van der Waals surface area (Å²) in [5.74, 6) is 0.698. The Morgan fingerprint density at radius 3 is 2.45 bits per heavy atom. The number of rotatable bonds is 6. The second-order valence-electron chi connectivity index (χ2n) is 8.06. The Morgan fingerprint density at radius 1 is 1.16 bits per heavy atom. The first-order valence-corrected chi connectivity index (χ1v) is 10.6. The van der Waals surface area contributed by atoms with E-state index in [1.165, 1.54) is 0 Å². The largest absolute Gasteiger partial charge is 0.416 e. The molecule has 1 aliphatic rings. The molecule has 9 heteroatoms. The highest BCUT2D eigenvalue weighted by Gasteiger charge is 2.32. The summed E-state index contributed by atoms with van der Waals surface area (Å²) >= 11 is 5.96. The number of benzene rings is 1. The van der Waals surface area contributed by atoms with Crippen molar-refractivity contribution in [2.45, 2.75) is 37.9 Å². The molecule has 1 aliphatic carbocycles. The zero-order chi connectivity index (χ0) is 22.6. The second kappa shape index (κ2) is 9.77. The minimum atomic E-state index is -4.52. The van der Waals surface area contributed by atoms with Crippen molar-refractivity contribution >= 4 is 29.0 Å². The van der Waals surface area contributed by atoms with Crippen LogP contribution < -0.4 is 15.5 Å². The average Bonchev–Trinajstić information content (AvgIpc) is 2.73. The molecule has 1 amide bonds. The highest BCUT2D eigenvalue weighted by Crippen LogP contribution is 2.32. The van der Waals surface area contributed by atoms with Gasteiger partial charge in [0.2, 0.25) is 0 Å². The van der Waals surface area contributed by atoms with Crippen LogP contribution in [0, 0.1) is 5.92 Å². The van der Waals surface area contributed by atoms with E-state index >= 15 is 0 Å². The molecule has 3 rings (SSSR count). The van der Waals surface area contributed by atoms with E-state index in [9.17, 15) is 18.0 Å². The number of amides is 1. The van der Waals surface area contributed by atoms with Crippen LogP contribution in [0.2, 0.25) is 5.02 Å². The predicted molar refractivity (Wildman–Crippen MR) is 117 cm³/mol. The summed E-state index contributed by atoms with van der Waals surface area (Å²) in [7, 11) is 3.92. The molecule has 168 valence electrons. The van der Waals surface area contributed by atoms with Gasteiger partial charge in [-0.25, -0.2) is 4.98 Å². The molecule has 2 N–H and O–H groups in total. The Balaban J connectivity index is 1.48. The zero-order valence-corrected chi connectivity index (χ0v) is 18.2. The van der Waals surface area contributed by atoms with E-state index in [1.54, 1.807) is 0 Å². The summed E-state index contributed by atoms with van der Waals surface area (Å²) in [6.45, 7) is 0.786. The molecule has 5 nitrogen and oxygen atoms in total. The van der Waals surface area contributed by atoms with Crippen LogP contribution in [-0.2, 0) is 6.18 Å². The standard InChI is InChI=1S/C22H26ClF3N4O/c1-30(2)17-8-10-20(28-13-17)27-12-14-3-6-16(7-4-14)29-21(31)18-11-15(22(24,25)26)5-9-19(18)23/h5,8-11,13-14,16H,3-4,6-7,12H2,1-2H3,(H,27,28)(H,29,31)/t14-,16-. The van der Waals surface area contributed by atoms with Crippen LogP contribution in [-0.4, -0.2) is 37.6 Å². The van der Waals surface area contributed by atoms with Crippen LogP contribution in [0.4, 0.5) is 24.7 Å². The van der Waals surface area contributed by atoms with E-state index < -0.39 is 17.6 Å². The fourth-order valence-corrected chi connectivity index (χ4v) is 3.86. The third kappa shape index (κ3) is 6.26. The van der Waals surface area contributed by atoms with Crippen molar-refractivity contribution in [2.75, 3.05) is 30.9 Å². The van der Waals surface area contributed by atoms with Gasteiger partial charge in [-0.3, -0.25) is 4.79 Å². The van der Waals surface area contributed by atoms with Crippen molar-refractivity contribution in [2.24, 2.45) is 5.92 Å². The number of nitrogens with one attached hydrogen (secondary N) is 2. The lowest BCUT2D eigenvalue weighted by Gasteiger charge is -2.29. The zero-order valence-electron chi connectivity index (χ0n) is 17.5. The summed E-state index contributed by atoms with van der Waals surface area (Å²) in [5.41, 5.74) is -0.000688. The van der Waals surface area contributed by atoms with E-state index in [0.29, 0.717) is 5.92 Å². The fraction of sp³-hybridized carbons (Fsp3) is 0.455. The van der Waals surface area contributed by atoms with Gasteiger partial charge in [-0.05, 0) is 61.9 Å². The van der Waals surface area contributed by atoms with Crippen LogP contribution in [0.5, 0.6) is 0 Å². The van der Waals surface area contributed by atoms with E-state index in [-0.39, 0.29) is 16.6 Å². The van der Waals surface area contributed by atoms with Crippen LogP contribution in [0.25, 0.3) is 0 Å². The van der Waals surface area contributed by atoms with Crippen molar-refractivity contribution in [3.05, 3.63) is 52.7 Å². The first-order valence-electron chi connectivity index (χ1n) is 10.2. The van der Waals surface area contributed by atoms with Crippen LogP contribution >= 0.6 is 11.6 Å². The van der Waals surface area contributed by atoms with Crippen molar-refractivity contribution in [3.63, 3.8) is 0 Å². The average molecular weight is 455 g/mol. The van der Waals surface area contributed by atoms with E-state index in [1.807, 2.05) is 37.3 Å². The number of aromatic nitrogens is 1. The number of carbonyl (C=O) groups is 1. The molecule has 1 aromatic heterocycles. The predicted octanol–water partition coefficient (Wildman–Crippen LogP) is 5.22. The number of anilines is 2. The molecular formula is C22H26ClF3N4O. The first-order chi connectivity index (χ1) is 14.6. The molecule has 1 saturated carbocycles. The van der Waals surface area contributed by atoms with Crippen LogP contribution in [0.1, 0.15) is 41.6 Å². The van der Waals surface area contributed by atoms with Gasteiger partial charge in [-0.2, -0.15) is 13.2 Å². The summed E-state index contributed by atoms with van der Waals surface area (Å²) in [4.78, 5) is 18.9. The Hall–Kier alpha value is -2.48. The summed E-state index contributed by atoms with van der Waals surface area (Å²) in [6, 6.07) is 6.66. The van der Waals surface area contributed by atoms with Gasteiger partial charge in [0.15, 0.2) is 0 Å². The lowest BCUT2D eigenvalue weighted by molar-refractivity contribution is -0.137. The number of hydrogen-bond acceptors (Lipinski definition) is 4. The van der Waals surface area contributed by atoms with Gasteiger partial charge in [0.25, 0.3) is 5.91 Å². The molecule has 0 unspecified atom stereocenters. The summed E-state index contributed by atoms with van der Waals surface area (Å²) < 4.78 is 38.8. The van der Waals surface area contributed by atoms with Crippen molar-refractivity contribution in [3.8, 4) is 0 Å². The maximum absolute atomic E-state index is 12.9. The van der Waals surface area contributed by atoms with Gasteiger partial charge in [-0.15, -0.1) is 0 Å². The van der Waals surface area contributed by atoms with Gasteiger partial charge in [-0.1, -0.05) is 11.6 Å². The van der Waals surface area contributed by atoms with Crippen molar-refractivity contribution in [1.29, 1.82) is 0 Å². The Labute approximate surface area is 185 Å². The molecule has 1 aromatic carbocycles. The second-order valence-corrected chi connectivity index (χ2v) is 8.47. The normalized spacial score (nSPS) is 19.0. The van der Waals surface area contributed by atoms with Crippen molar-refractivity contribution in [1.82, 2.24) is 10.3 Å². The molecule has 0 bridgehead atoms. The molecule has 1 heterocycles. The number of nitrogens with zero attached hydrogens (tertiary/aromatic N) is 2. The van der Waals surface area contributed by atoms with Crippen LogP contribution in [0.3, 0.4) is 0 Å². The molecular weight excluding hydrogens is 429 g/mol. The molecule has 0 spiro atoms. The third-order valence-corrected chi connectivity index (χ3v) is 5.89.